The normalized spacial score (nSPS) is 20.4. The molecule has 16 heavy (non-hydrogen) atoms. The van der Waals surface area contributed by atoms with Crippen molar-refractivity contribution in [3.8, 4) is 0 Å². The number of aromatic nitrogens is 3. The van der Waals surface area contributed by atoms with E-state index in [1.807, 2.05) is 6.07 Å². The van der Waals surface area contributed by atoms with Gasteiger partial charge in [0.05, 0.1) is 11.7 Å². The molecule has 0 unspecified atom stereocenters. The van der Waals surface area contributed by atoms with E-state index in [0.29, 0.717) is 11.0 Å². The molecule has 1 saturated heterocycles. The van der Waals surface area contributed by atoms with Crippen molar-refractivity contribution in [2.45, 2.75) is 18.9 Å². The van der Waals surface area contributed by atoms with E-state index in [1.54, 1.807) is 12.4 Å². The predicted octanol–water partition coefficient (Wildman–Crippen LogP) is 2.53. The fourth-order valence-electron chi connectivity index (χ4n) is 1.88. The zero-order chi connectivity index (χ0) is 11.0. The van der Waals surface area contributed by atoms with Gasteiger partial charge < -0.3 is 4.74 Å². The lowest BCUT2D eigenvalue weighted by atomic mass is 10.2. The zero-order valence-corrected chi connectivity index (χ0v) is 9.31. The van der Waals surface area contributed by atoms with E-state index in [0.717, 1.165) is 30.4 Å². The van der Waals surface area contributed by atoms with Gasteiger partial charge in [0.25, 0.3) is 0 Å². The van der Waals surface area contributed by atoms with Crippen LogP contribution in [-0.4, -0.2) is 21.6 Å². The van der Waals surface area contributed by atoms with Gasteiger partial charge >= 0.3 is 0 Å². The molecule has 1 aliphatic rings. The van der Waals surface area contributed by atoms with Gasteiger partial charge in [-0.15, -0.1) is 0 Å². The molecule has 0 aliphatic carbocycles. The molecule has 2 aromatic rings. The summed E-state index contributed by atoms with van der Waals surface area (Å²) in [6.07, 6.45) is 5.38. The minimum atomic E-state index is -0.0119. The first-order valence-electron chi connectivity index (χ1n) is 5.23. The van der Waals surface area contributed by atoms with Gasteiger partial charge in [0, 0.05) is 18.2 Å². The van der Waals surface area contributed by atoms with Crippen LogP contribution in [0, 0.1) is 0 Å². The van der Waals surface area contributed by atoms with Crippen molar-refractivity contribution in [1.29, 1.82) is 0 Å². The van der Waals surface area contributed by atoms with Crippen LogP contribution in [0.15, 0.2) is 18.5 Å². The Balaban J connectivity index is 2.13. The van der Waals surface area contributed by atoms with Gasteiger partial charge in [0.15, 0.2) is 5.82 Å². The molecule has 0 bridgehead atoms. The van der Waals surface area contributed by atoms with Crippen LogP contribution >= 0.6 is 11.6 Å². The van der Waals surface area contributed by atoms with Crippen LogP contribution in [0.4, 0.5) is 0 Å². The second kappa shape index (κ2) is 3.96. The number of pyridine rings is 1. The summed E-state index contributed by atoms with van der Waals surface area (Å²) in [5.74, 6) is 0.669. The summed E-state index contributed by atoms with van der Waals surface area (Å²) in [5, 5.41) is 1.30. The molecular formula is C11H10ClN3O. The Morgan fingerprint density at radius 1 is 1.38 bits per heavy atom. The zero-order valence-electron chi connectivity index (χ0n) is 8.56. The largest absolute Gasteiger partial charge is 0.370 e. The predicted molar refractivity (Wildman–Crippen MR) is 60.3 cm³/mol. The summed E-state index contributed by atoms with van der Waals surface area (Å²) in [6, 6.07) is 1.82. The number of nitrogens with zero attached hydrogens (tertiary/aromatic N) is 3. The van der Waals surface area contributed by atoms with Gasteiger partial charge in [-0.1, -0.05) is 11.6 Å². The van der Waals surface area contributed by atoms with Crippen molar-refractivity contribution in [3.05, 3.63) is 29.4 Å². The van der Waals surface area contributed by atoms with Crippen molar-refractivity contribution in [2.24, 2.45) is 0 Å². The van der Waals surface area contributed by atoms with Crippen LogP contribution < -0.4 is 0 Å². The lowest BCUT2D eigenvalue weighted by Gasteiger charge is -2.09. The summed E-state index contributed by atoms with van der Waals surface area (Å²) in [6.45, 7) is 0.775. The van der Waals surface area contributed by atoms with E-state index in [2.05, 4.69) is 15.0 Å². The van der Waals surface area contributed by atoms with Crippen LogP contribution in [0.25, 0.3) is 10.9 Å². The number of ether oxygens (including phenoxy) is 1. The van der Waals surface area contributed by atoms with E-state index in [4.69, 9.17) is 16.3 Å². The fraction of sp³-hybridized carbons (Fsp3) is 0.364. The Bertz CT molecular complexity index is 526. The molecular weight excluding hydrogens is 226 g/mol. The maximum Gasteiger partial charge on any atom is 0.159 e. The van der Waals surface area contributed by atoms with Crippen molar-refractivity contribution in [3.63, 3.8) is 0 Å². The van der Waals surface area contributed by atoms with Crippen LogP contribution in [-0.2, 0) is 4.74 Å². The number of hydrogen-bond acceptors (Lipinski definition) is 4. The van der Waals surface area contributed by atoms with E-state index >= 15 is 0 Å². The number of rotatable bonds is 1. The number of hydrogen-bond donors (Lipinski definition) is 0. The third kappa shape index (κ3) is 1.64. The standard InChI is InChI=1S/C11H10ClN3O/c12-10-7-3-4-13-6-8(7)14-11(15-10)9-2-1-5-16-9/h3-4,6,9H,1-2,5H2/t9-/m0/s1. The molecule has 1 fully saturated rings. The molecule has 0 N–H and O–H groups in total. The maximum absolute atomic E-state index is 6.11. The number of fused-ring (bicyclic) bond motifs is 1. The molecule has 2 aromatic heterocycles. The average molecular weight is 236 g/mol. The average Bonchev–Trinajstić information content (AvgIpc) is 2.82. The van der Waals surface area contributed by atoms with Gasteiger partial charge in [-0.05, 0) is 18.9 Å². The molecule has 82 valence electrons. The molecule has 0 amide bonds. The van der Waals surface area contributed by atoms with Gasteiger partial charge in [-0.2, -0.15) is 0 Å². The highest BCUT2D eigenvalue weighted by Gasteiger charge is 2.21. The monoisotopic (exact) mass is 235 g/mol. The lowest BCUT2D eigenvalue weighted by molar-refractivity contribution is 0.105. The second-order valence-corrected chi connectivity index (χ2v) is 4.13. The number of halogens is 1. The summed E-state index contributed by atoms with van der Waals surface area (Å²) in [5.41, 5.74) is 0.771. The van der Waals surface area contributed by atoms with Gasteiger partial charge in [0.2, 0.25) is 0 Å². The molecule has 0 aromatic carbocycles. The van der Waals surface area contributed by atoms with Crippen LogP contribution in [0.5, 0.6) is 0 Å². The van der Waals surface area contributed by atoms with E-state index < -0.39 is 0 Å². The van der Waals surface area contributed by atoms with Crippen LogP contribution in [0.2, 0.25) is 5.15 Å². The first kappa shape index (κ1) is 9.93. The molecule has 4 nitrogen and oxygen atoms in total. The first-order chi connectivity index (χ1) is 7.84. The molecule has 0 radical (unpaired) electrons. The highest BCUT2D eigenvalue weighted by atomic mass is 35.5. The third-order valence-corrected chi connectivity index (χ3v) is 2.98. The molecule has 1 aliphatic heterocycles. The first-order valence-corrected chi connectivity index (χ1v) is 5.61. The van der Waals surface area contributed by atoms with Crippen molar-refractivity contribution in [1.82, 2.24) is 15.0 Å². The highest BCUT2D eigenvalue weighted by molar-refractivity contribution is 6.34. The van der Waals surface area contributed by atoms with Crippen molar-refractivity contribution >= 4 is 22.5 Å². The van der Waals surface area contributed by atoms with E-state index in [1.165, 1.54) is 0 Å². The molecule has 3 rings (SSSR count). The Morgan fingerprint density at radius 3 is 3.12 bits per heavy atom. The quantitative estimate of drug-likeness (QED) is 0.713. The molecule has 1 atom stereocenters. The third-order valence-electron chi connectivity index (χ3n) is 2.69. The Labute approximate surface area is 97.6 Å². The van der Waals surface area contributed by atoms with Gasteiger partial charge in [-0.25, -0.2) is 9.97 Å². The van der Waals surface area contributed by atoms with Crippen molar-refractivity contribution < 1.29 is 4.74 Å². The maximum atomic E-state index is 6.11. The molecule has 5 heteroatoms. The molecule has 0 saturated carbocycles. The van der Waals surface area contributed by atoms with Gasteiger partial charge in [-0.3, -0.25) is 4.98 Å². The second-order valence-electron chi connectivity index (χ2n) is 3.77. The van der Waals surface area contributed by atoms with Gasteiger partial charge in [0.1, 0.15) is 11.3 Å². The SMILES string of the molecule is Clc1nc([C@@H]2CCCO2)nc2cnccc12. The van der Waals surface area contributed by atoms with Crippen molar-refractivity contribution in [2.75, 3.05) is 6.61 Å². The Kier molecular flexibility index (Phi) is 2.46. The topological polar surface area (TPSA) is 47.9 Å². The summed E-state index contributed by atoms with van der Waals surface area (Å²) in [4.78, 5) is 12.8. The molecule has 0 spiro atoms. The Hall–Kier alpha value is -1.26. The minimum absolute atomic E-state index is 0.0119. The lowest BCUT2D eigenvalue weighted by Crippen LogP contribution is -2.03. The Morgan fingerprint density at radius 2 is 2.31 bits per heavy atom. The van der Waals surface area contributed by atoms with Crippen LogP contribution in [0.1, 0.15) is 24.8 Å². The summed E-state index contributed by atoms with van der Waals surface area (Å²) in [7, 11) is 0. The van der Waals surface area contributed by atoms with E-state index in [9.17, 15) is 0 Å². The fourth-order valence-corrected chi connectivity index (χ4v) is 2.13. The summed E-state index contributed by atoms with van der Waals surface area (Å²) >= 11 is 6.11. The smallest absolute Gasteiger partial charge is 0.159 e. The van der Waals surface area contributed by atoms with E-state index in [-0.39, 0.29) is 6.10 Å². The van der Waals surface area contributed by atoms with Crippen LogP contribution in [0.3, 0.4) is 0 Å². The minimum Gasteiger partial charge on any atom is -0.370 e. The highest BCUT2D eigenvalue weighted by Crippen LogP contribution is 2.28. The molecule has 3 heterocycles. The summed E-state index contributed by atoms with van der Waals surface area (Å²) < 4.78 is 5.54.